The van der Waals surface area contributed by atoms with Crippen LogP contribution in [-0.4, -0.2) is 35.6 Å². The van der Waals surface area contributed by atoms with Crippen molar-refractivity contribution in [3.05, 3.63) is 66.0 Å². The molecule has 1 aliphatic rings. The molecule has 1 aromatic heterocycles. The van der Waals surface area contributed by atoms with Crippen LogP contribution in [0.3, 0.4) is 0 Å². The first-order valence-corrected chi connectivity index (χ1v) is 9.44. The van der Waals surface area contributed by atoms with E-state index in [0.717, 1.165) is 5.56 Å². The Balaban J connectivity index is 1.53. The summed E-state index contributed by atoms with van der Waals surface area (Å²) < 4.78 is 28.1. The number of sulfonamides is 1. The van der Waals surface area contributed by atoms with Gasteiger partial charge >= 0.3 is 0 Å². The minimum Gasteiger partial charge on any atom is -0.338 e. The molecule has 0 unspecified atom stereocenters. The number of para-hydroxylation sites is 1. The maximum atomic E-state index is 12.3. The van der Waals surface area contributed by atoms with Gasteiger partial charge < -0.3 is 5.32 Å². The minimum absolute atomic E-state index is 0.0331. The van der Waals surface area contributed by atoms with Crippen LogP contribution >= 0.6 is 0 Å². The highest BCUT2D eigenvalue weighted by Crippen LogP contribution is 2.28. The molecule has 0 saturated heterocycles. The van der Waals surface area contributed by atoms with E-state index in [4.69, 9.17) is 0 Å². The molecule has 2 aromatic carbocycles. The molecule has 2 heterocycles. The summed E-state index contributed by atoms with van der Waals surface area (Å²) in [4.78, 5) is 16.3. The third-order valence-corrected chi connectivity index (χ3v) is 5.14. The van der Waals surface area contributed by atoms with Gasteiger partial charge in [0.05, 0.1) is 12.2 Å². The van der Waals surface area contributed by atoms with Crippen LogP contribution in [0.15, 0.2) is 59.5 Å². The number of fused-ring (bicyclic) bond motifs is 3. The number of carbonyl (C=O) groups excluding carboxylic acids is 1. The van der Waals surface area contributed by atoms with Gasteiger partial charge in [-0.05, 0) is 24.3 Å². The number of hydrogen-bond donors (Lipinski definition) is 2. The molecule has 4 rings (SSSR count). The SMILES string of the molecule is O=C(NCC#Cc1ccccc1)c1nc2n(n1)-c1ccccc1S(=O)(=O)N2. The first kappa shape index (κ1) is 16.8. The lowest BCUT2D eigenvalue weighted by Gasteiger charge is -2.17. The van der Waals surface area contributed by atoms with E-state index < -0.39 is 15.9 Å². The van der Waals surface area contributed by atoms with Crippen molar-refractivity contribution in [2.45, 2.75) is 4.90 Å². The number of carbonyl (C=O) groups is 1. The number of hydrogen-bond acceptors (Lipinski definition) is 5. The van der Waals surface area contributed by atoms with Crippen molar-refractivity contribution < 1.29 is 13.2 Å². The Labute approximate surface area is 155 Å². The number of anilines is 1. The monoisotopic (exact) mass is 379 g/mol. The molecule has 8 nitrogen and oxygen atoms in total. The van der Waals surface area contributed by atoms with Crippen LogP contribution < -0.4 is 10.0 Å². The van der Waals surface area contributed by atoms with Crippen LogP contribution in [0.25, 0.3) is 5.69 Å². The molecule has 1 amide bonds. The van der Waals surface area contributed by atoms with E-state index in [-0.39, 0.29) is 23.2 Å². The summed E-state index contributed by atoms with van der Waals surface area (Å²) in [5.41, 5.74) is 1.18. The van der Waals surface area contributed by atoms with E-state index >= 15 is 0 Å². The molecule has 0 radical (unpaired) electrons. The molecule has 27 heavy (non-hydrogen) atoms. The standard InChI is InChI=1S/C18H13N5O3S/c24-17(19-12-6-9-13-7-2-1-3-8-13)16-20-18-22-27(25,26)15-11-5-4-10-14(15)23(18)21-16/h1-5,7-8,10-11H,12H2,(H,19,24)(H,20,21,22). The summed E-state index contributed by atoms with van der Waals surface area (Å²) in [6.45, 7) is 0.111. The smallest absolute Gasteiger partial charge is 0.291 e. The first-order chi connectivity index (χ1) is 13.0. The van der Waals surface area contributed by atoms with Gasteiger partial charge in [0.1, 0.15) is 4.90 Å². The van der Waals surface area contributed by atoms with Gasteiger partial charge in [-0.3, -0.25) is 4.79 Å². The fraction of sp³-hybridized carbons (Fsp3) is 0.0556. The zero-order chi connectivity index (χ0) is 18.9. The maximum absolute atomic E-state index is 12.3. The molecule has 0 bridgehead atoms. The summed E-state index contributed by atoms with van der Waals surface area (Å²) in [7, 11) is -3.75. The van der Waals surface area contributed by atoms with Crippen molar-refractivity contribution in [1.29, 1.82) is 0 Å². The molecule has 0 fully saturated rings. The van der Waals surface area contributed by atoms with Crippen LogP contribution in [0.5, 0.6) is 0 Å². The lowest BCUT2D eigenvalue weighted by atomic mass is 10.2. The normalized spacial score (nSPS) is 13.3. The summed E-state index contributed by atoms with van der Waals surface area (Å²) >= 11 is 0. The van der Waals surface area contributed by atoms with Gasteiger partial charge in [0.2, 0.25) is 11.8 Å². The molecule has 1 aliphatic heterocycles. The van der Waals surface area contributed by atoms with Crippen LogP contribution in [-0.2, 0) is 10.0 Å². The Morgan fingerprint density at radius 2 is 1.85 bits per heavy atom. The van der Waals surface area contributed by atoms with Crippen LogP contribution in [0.1, 0.15) is 16.2 Å². The number of nitrogens with zero attached hydrogens (tertiary/aromatic N) is 3. The van der Waals surface area contributed by atoms with Crippen molar-refractivity contribution in [2.24, 2.45) is 0 Å². The third-order valence-electron chi connectivity index (χ3n) is 3.76. The Bertz CT molecular complexity index is 1190. The summed E-state index contributed by atoms with van der Waals surface area (Å²) in [5, 5.41) is 6.71. The van der Waals surface area contributed by atoms with Crippen molar-refractivity contribution >= 4 is 21.9 Å². The maximum Gasteiger partial charge on any atom is 0.291 e. The Morgan fingerprint density at radius 3 is 2.67 bits per heavy atom. The first-order valence-electron chi connectivity index (χ1n) is 7.96. The van der Waals surface area contributed by atoms with Gasteiger partial charge in [-0.25, -0.2) is 13.1 Å². The second kappa shape index (κ2) is 6.59. The van der Waals surface area contributed by atoms with E-state index in [9.17, 15) is 13.2 Å². The highest BCUT2D eigenvalue weighted by atomic mass is 32.2. The predicted octanol–water partition coefficient (Wildman–Crippen LogP) is 1.16. The molecule has 0 spiro atoms. The zero-order valence-corrected chi connectivity index (χ0v) is 14.7. The lowest BCUT2D eigenvalue weighted by molar-refractivity contribution is 0.0948. The fourth-order valence-electron chi connectivity index (χ4n) is 2.55. The van der Waals surface area contributed by atoms with Crippen molar-refractivity contribution in [1.82, 2.24) is 20.1 Å². The van der Waals surface area contributed by atoms with Gasteiger partial charge in [0.25, 0.3) is 15.9 Å². The number of amides is 1. The number of aromatic nitrogens is 3. The molecule has 3 aromatic rings. The quantitative estimate of drug-likeness (QED) is 0.650. The van der Waals surface area contributed by atoms with Crippen LogP contribution in [0.2, 0.25) is 0 Å². The summed E-state index contributed by atoms with van der Waals surface area (Å²) in [6, 6.07) is 15.7. The van der Waals surface area contributed by atoms with Crippen LogP contribution in [0, 0.1) is 11.8 Å². The topological polar surface area (TPSA) is 106 Å². The predicted molar refractivity (Wildman–Crippen MR) is 97.8 cm³/mol. The highest BCUT2D eigenvalue weighted by Gasteiger charge is 2.30. The molecular formula is C18H13N5O3S. The van der Waals surface area contributed by atoms with Crippen molar-refractivity contribution in [3.63, 3.8) is 0 Å². The van der Waals surface area contributed by atoms with E-state index in [1.807, 2.05) is 30.3 Å². The van der Waals surface area contributed by atoms with Crippen molar-refractivity contribution in [3.8, 4) is 17.5 Å². The zero-order valence-electron chi connectivity index (χ0n) is 13.9. The van der Waals surface area contributed by atoms with E-state index in [2.05, 4.69) is 32.0 Å². The molecule has 134 valence electrons. The van der Waals surface area contributed by atoms with Gasteiger partial charge in [-0.1, -0.05) is 42.2 Å². The van der Waals surface area contributed by atoms with Crippen molar-refractivity contribution in [2.75, 3.05) is 11.3 Å². The lowest BCUT2D eigenvalue weighted by Crippen LogP contribution is -2.25. The molecule has 0 aliphatic carbocycles. The van der Waals surface area contributed by atoms with E-state index in [1.54, 1.807) is 18.2 Å². The second-order valence-electron chi connectivity index (χ2n) is 5.59. The summed E-state index contributed by atoms with van der Waals surface area (Å²) in [5.74, 6) is 5.03. The van der Waals surface area contributed by atoms with E-state index in [0.29, 0.717) is 5.69 Å². The molecule has 9 heteroatoms. The number of nitrogens with one attached hydrogen (secondary N) is 2. The Hall–Kier alpha value is -3.64. The molecule has 0 saturated carbocycles. The number of benzene rings is 2. The molecule has 0 atom stereocenters. The van der Waals surface area contributed by atoms with Gasteiger partial charge in [0, 0.05) is 5.56 Å². The van der Waals surface area contributed by atoms with E-state index in [1.165, 1.54) is 10.7 Å². The van der Waals surface area contributed by atoms with Gasteiger partial charge in [0.15, 0.2) is 0 Å². The second-order valence-corrected chi connectivity index (χ2v) is 7.25. The Morgan fingerprint density at radius 1 is 1.11 bits per heavy atom. The largest absolute Gasteiger partial charge is 0.338 e. The van der Waals surface area contributed by atoms with Gasteiger partial charge in [-0.15, -0.1) is 5.10 Å². The van der Waals surface area contributed by atoms with Gasteiger partial charge in [-0.2, -0.15) is 9.67 Å². The molecular weight excluding hydrogens is 366 g/mol. The summed E-state index contributed by atoms with van der Waals surface area (Å²) in [6.07, 6.45) is 0. The highest BCUT2D eigenvalue weighted by molar-refractivity contribution is 7.92. The average Bonchev–Trinajstić information content (AvgIpc) is 3.09. The van der Waals surface area contributed by atoms with Crippen LogP contribution in [0.4, 0.5) is 5.95 Å². The Kier molecular flexibility index (Phi) is 4.10. The number of rotatable bonds is 2. The minimum atomic E-state index is -3.75. The third kappa shape index (κ3) is 3.26. The fourth-order valence-corrected chi connectivity index (χ4v) is 3.72. The average molecular weight is 379 g/mol. The molecule has 2 N–H and O–H groups in total.